The molecule has 16 heavy (non-hydrogen) atoms. The molecule has 1 N–H and O–H groups in total. The van der Waals surface area contributed by atoms with Gasteiger partial charge >= 0.3 is 0 Å². The van der Waals surface area contributed by atoms with Gasteiger partial charge in [0.05, 0.1) is 27.7 Å². The molecule has 94 valence electrons. The summed E-state index contributed by atoms with van der Waals surface area (Å²) in [5, 5.41) is 4.15. The fourth-order valence-electron chi connectivity index (χ4n) is 0.709. The van der Waals surface area contributed by atoms with Crippen LogP contribution < -0.4 is 9.68 Å². The number of thiophene rings is 1. The van der Waals surface area contributed by atoms with Gasteiger partial charge in [-0.3, -0.25) is 0 Å². The van der Waals surface area contributed by atoms with Gasteiger partial charge in [-0.25, -0.2) is 4.59 Å². The number of aryl methyl sites for hydroxylation is 1. The summed E-state index contributed by atoms with van der Waals surface area (Å²) in [7, 11) is 5.81. The highest BCUT2D eigenvalue weighted by Crippen LogP contribution is 2.21. The molecular formula is C11H22ClN2OS+. The van der Waals surface area contributed by atoms with E-state index in [4.69, 9.17) is 16.5 Å². The quantitative estimate of drug-likeness (QED) is 0.513. The predicted molar refractivity (Wildman–Crippen MR) is 71.9 cm³/mol. The van der Waals surface area contributed by atoms with E-state index in [0.717, 1.165) is 18.8 Å². The van der Waals surface area contributed by atoms with E-state index in [9.17, 15) is 0 Å². The Balaban J connectivity index is 0.000000325. The van der Waals surface area contributed by atoms with Crippen LogP contribution in [0.15, 0.2) is 10.8 Å². The Morgan fingerprint density at radius 2 is 1.94 bits per heavy atom. The van der Waals surface area contributed by atoms with Crippen LogP contribution in [0.3, 0.4) is 0 Å². The number of halogens is 1. The Bertz CT molecular complexity index is 284. The van der Waals surface area contributed by atoms with Gasteiger partial charge in [-0.2, -0.15) is 0 Å². The molecule has 3 nitrogen and oxygen atoms in total. The fraction of sp³-hybridized carbons (Fsp3) is 0.636. The molecule has 0 aliphatic rings. The highest BCUT2D eigenvalue weighted by Gasteiger charge is 1.99. The minimum Gasteiger partial charge on any atom is -0.492 e. The van der Waals surface area contributed by atoms with Crippen molar-refractivity contribution in [3.8, 4) is 5.75 Å². The summed E-state index contributed by atoms with van der Waals surface area (Å²) < 4.78 is 6.02. The van der Waals surface area contributed by atoms with E-state index >= 15 is 0 Å². The van der Waals surface area contributed by atoms with Crippen molar-refractivity contribution in [3.63, 3.8) is 0 Å². The molecule has 1 aromatic heterocycles. The van der Waals surface area contributed by atoms with Crippen LogP contribution >= 0.6 is 23.1 Å². The van der Waals surface area contributed by atoms with Crippen molar-refractivity contribution in [1.82, 2.24) is 4.94 Å². The Hall–Kier alpha value is -0.290. The van der Waals surface area contributed by atoms with Gasteiger partial charge in [0.25, 0.3) is 0 Å². The Labute approximate surface area is 108 Å². The molecule has 0 saturated heterocycles. The summed E-state index contributed by atoms with van der Waals surface area (Å²) in [5.74, 6) is 1.05. The van der Waals surface area contributed by atoms with Crippen LogP contribution in [0.5, 0.6) is 5.75 Å². The van der Waals surface area contributed by atoms with E-state index in [-0.39, 0.29) is 0 Å². The molecule has 1 aromatic rings. The molecule has 0 bridgehead atoms. The molecule has 0 amide bonds. The average molecular weight is 266 g/mol. The van der Waals surface area contributed by atoms with E-state index in [1.807, 2.05) is 26.5 Å². The van der Waals surface area contributed by atoms with Gasteiger partial charge in [0.2, 0.25) is 0 Å². The van der Waals surface area contributed by atoms with Gasteiger partial charge in [0.15, 0.2) is 0 Å². The molecule has 0 unspecified atom stereocenters. The second-order valence-electron chi connectivity index (χ2n) is 4.36. The van der Waals surface area contributed by atoms with Gasteiger partial charge in [0, 0.05) is 22.7 Å². The first-order valence-corrected chi connectivity index (χ1v) is 6.57. The molecule has 0 spiro atoms. The second kappa shape index (κ2) is 7.90. The largest absolute Gasteiger partial charge is 0.492 e. The lowest BCUT2D eigenvalue weighted by Gasteiger charge is -2.17. The molecule has 1 rings (SSSR count). The molecule has 0 aliphatic heterocycles. The molecular weight excluding hydrogens is 244 g/mol. The van der Waals surface area contributed by atoms with Crippen molar-refractivity contribution < 1.29 is 9.33 Å². The highest BCUT2D eigenvalue weighted by atomic mass is 35.5. The van der Waals surface area contributed by atoms with Crippen LogP contribution in [0.25, 0.3) is 0 Å². The van der Waals surface area contributed by atoms with Gasteiger partial charge in [-0.05, 0) is 18.7 Å². The third-order valence-electron chi connectivity index (χ3n) is 1.52. The van der Waals surface area contributed by atoms with Crippen molar-refractivity contribution in [2.75, 3.05) is 27.7 Å². The van der Waals surface area contributed by atoms with E-state index in [1.54, 1.807) is 11.3 Å². The van der Waals surface area contributed by atoms with Gasteiger partial charge in [-0.15, -0.1) is 11.3 Å². The van der Waals surface area contributed by atoms with Gasteiger partial charge in [0.1, 0.15) is 5.75 Å². The van der Waals surface area contributed by atoms with E-state index in [1.165, 1.54) is 5.56 Å². The second-order valence-corrected chi connectivity index (χ2v) is 5.28. The summed E-state index contributed by atoms with van der Waals surface area (Å²) >= 11 is 6.89. The maximum atomic E-state index is 5.44. The zero-order chi connectivity index (χ0) is 12.6. The lowest BCUT2D eigenvalue weighted by molar-refractivity contribution is -0.901. The number of hydrogen-bond acceptors (Lipinski definition) is 3. The Morgan fingerprint density at radius 3 is 2.25 bits per heavy atom. The number of ether oxygens (including phenoxy) is 1. The molecule has 0 aliphatic carbocycles. The van der Waals surface area contributed by atoms with Crippen molar-refractivity contribution >= 4 is 23.1 Å². The van der Waals surface area contributed by atoms with Gasteiger partial charge in [-0.1, -0.05) is 11.9 Å². The first kappa shape index (κ1) is 15.7. The minimum atomic E-state index is 0.585. The molecule has 0 aromatic carbocycles. The van der Waals surface area contributed by atoms with Crippen molar-refractivity contribution in [2.45, 2.75) is 20.3 Å². The normalized spacial score (nSPS) is 10.6. The predicted octanol–water partition coefficient (Wildman–Crippen LogP) is 3.20. The summed E-state index contributed by atoms with van der Waals surface area (Å²) in [6.45, 7) is 5.01. The monoisotopic (exact) mass is 265 g/mol. The number of nitrogens with one attached hydrogen (secondary N) is 1. The Kier molecular flexibility index (Phi) is 7.76. The molecule has 0 atom stereocenters. The maximum Gasteiger partial charge on any atom is 0.132 e. The maximum absolute atomic E-state index is 5.44. The summed E-state index contributed by atoms with van der Waals surface area (Å²) in [5.41, 5.74) is 1.25. The van der Waals surface area contributed by atoms with E-state index < -0.39 is 0 Å². The third-order valence-corrected chi connectivity index (χ3v) is 2.87. The third kappa shape index (κ3) is 7.93. The number of hydrogen-bond donors (Lipinski definition) is 1. The number of nitrogens with zero attached hydrogens (tertiary/aromatic N) is 1. The highest BCUT2D eigenvalue weighted by molar-refractivity contribution is 7.08. The van der Waals surface area contributed by atoms with Gasteiger partial charge < -0.3 is 4.74 Å². The van der Waals surface area contributed by atoms with Crippen LogP contribution in [0.1, 0.15) is 18.9 Å². The first-order valence-electron chi connectivity index (χ1n) is 5.25. The Morgan fingerprint density at radius 1 is 1.38 bits per heavy atom. The van der Waals surface area contributed by atoms with Crippen LogP contribution in [-0.4, -0.2) is 32.3 Å². The average Bonchev–Trinajstić information content (AvgIpc) is 2.61. The van der Waals surface area contributed by atoms with Crippen LogP contribution in [-0.2, 0) is 0 Å². The molecule has 0 radical (unpaired) electrons. The van der Waals surface area contributed by atoms with E-state index in [2.05, 4.69) is 24.2 Å². The zero-order valence-electron chi connectivity index (χ0n) is 10.7. The topological polar surface area (TPSA) is 21.3 Å². The smallest absolute Gasteiger partial charge is 0.132 e. The zero-order valence-corrected chi connectivity index (χ0v) is 12.3. The van der Waals surface area contributed by atoms with Crippen molar-refractivity contribution in [2.24, 2.45) is 0 Å². The molecule has 5 heteroatoms. The summed E-state index contributed by atoms with van der Waals surface area (Å²) in [6, 6.07) is 0. The molecule has 0 fully saturated rings. The molecule has 1 heterocycles. The number of quaternary nitrogens is 1. The summed E-state index contributed by atoms with van der Waals surface area (Å²) in [4.78, 5) is 2.51. The van der Waals surface area contributed by atoms with E-state index in [0.29, 0.717) is 4.59 Å². The minimum absolute atomic E-state index is 0.585. The van der Waals surface area contributed by atoms with Crippen molar-refractivity contribution in [3.05, 3.63) is 16.3 Å². The van der Waals surface area contributed by atoms with Crippen LogP contribution in [0, 0.1) is 6.92 Å². The van der Waals surface area contributed by atoms with Crippen LogP contribution in [0.4, 0.5) is 0 Å². The fourth-order valence-corrected chi connectivity index (χ4v) is 1.47. The molecule has 0 saturated carbocycles. The lowest BCUT2D eigenvalue weighted by Crippen LogP contribution is -2.42. The SMILES string of the molecule is CCCOc1cscc1C.C[N+](C)(C)NCl. The van der Waals surface area contributed by atoms with Crippen molar-refractivity contribution in [1.29, 1.82) is 0 Å². The number of rotatable bonds is 4. The standard InChI is InChI=1S/C8H12OS.C3H10ClN2/c1-3-4-9-8-6-10-5-7(8)2;1-6(2,3)5-4/h5-6H,3-4H2,1-2H3;5H,1-3H3/q;+1. The summed E-state index contributed by atoms with van der Waals surface area (Å²) in [6.07, 6.45) is 1.08. The first-order chi connectivity index (χ1) is 7.40. The lowest BCUT2D eigenvalue weighted by atomic mass is 10.4. The van der Waals surface area contributed by atoms with Crippen LogP contribution in [0.2, 0.25) is 0 Å².